The number of carbonyl (C=O) groups is 2. The smallest absolute Gasteiger partial charge is 0.325 e. The van der Waals surface area contributed by atoms with E-state index in [1.807, 2.05) is 4.57 Å². The predicted octanol–water partition coefficient (Wildman–Crippen LogP) is 3.63. The average molecular weight is 469 g/mol. The van der Waals surface area contributed by atoms with Crippen molar-refractivity contribution >= 4 is 29.4 Å². The van der Waals surface area contributed by atoms with Crippen LogP contribution in [0.25, 0.3) is 11.4 Å². The van der Waals surface area contributed by atoms with Gasteiger partial charge >= 0.3 is 6.03 Å². The maximum Gasteiger partial charge on any atom is 0.325 e. The van der Waals surface area contributed by atoms with Crippen molar-refractivity contribution in [3.8, 4) is 22.9 Å². The minimum Gasteiger partial charge on any atom is -0.486 e. The first kappa shape index (κ1) is 21.3. The largest absolute Gasteiger partial charge is 0.486 e. The summed E-state index contributed by atoms with van der Waals surface area (Å²) in [5, 5.41) is 13.7. The highest BCUT2D eigenvalue weighted by Crippen LogP contribution is 2.41. The number of hydrogen-bond donors (Lipinski definition) is 2. The summed E-state index contributed by atoms with van der Waals surface area (Å²) in [4.78, 5) is 24.5. The maximum atomic E-state index is 14.3. The van der Waals surface area contributed by atoms with Gasteiger partial charge in [-0.05, 0) is 37.1 Å². The molecule has 0 saturated heterocycles. The van der Waals surface area contributed by atoms with Crippen LogP contribution in [-0.2, 0) is 4.79 Å². The minimum absolute atomic E-state index is 0.0450. The fraction of sp³-hybridized carbons (Fsp3) is 0.273. The molecule has 2 N–H and O–H groups in total. The van der Waals surface area contributed by atoms with E-state index in [4.69, 9.17) is 9.47 Å². The number of rotatable bonds is 6. The van der Waals surface area contributed by atoms with Gasteiger partial charge in [-0.15, -0.1) is 10.2 Å². The van der Waals surface area contributed by atoms with E-state index in [0.29, 0.717) is 46.9 Å². The van der Waals surface area contributed by atoms with Gasteiger partial charge in [0.25, 0.3) is 0 Å². The number of hydrogen-bond acceptors (Lipinski definition) is 7. The molecule has 3 aromatic rings. The molecule has 2 heterocycles. The van der Waals surface area contributed by atoms with Crippen molar-refractivity contribution in [2.75, 3.05) is 24.3 Å². The first-order valence-electron chi connectivity index (χ1n) is 10.4. The van der Waals surface area contributed by atoms with Gasteiger partial charge in [-0.2, -0.15) is 0 Å². The van der Waals surface area contributed by atoms with Crippen molar-refractivity contribution < 1.29 is 23.5 Å². The van der Waals surface area contributed by atoms with Gasteiger partial charge in [-0.3, -0.25) is 14.7 Å². The molecule has 1 aliphatic heterocycles. The summed E-state index contributed by atoms with van der Waals surface area (Å²) in [5.74, 6) is 0.663. The van der Waals surface area contributed by atoms with Crippen molar-refractivity contribution in [2.45, 2.75) is 24.0 Å². The lowest BCUT2D eigenvalue weighted by Crippen LogP contribution is -2.35. The quantitative estimate of drug-likeness (QED) is 0.531. The summed E-state index contributed by atoms with van der Waals surface area (Å²) < 4.78 is 27.1. The van der Waals surface area contributed by atoms with Gasteiger partial charge in [-0.25, -0.2) is 9.18 Å². The van der Waals surface area contributed by atoms with E-state index in [1.54, 1.807) is 36.4 Å². The number of thioether (sulfide) groups is 1. The molecule has 0 bridgehead atoms. The van der Waals surface area contributed by atoms with E-state index in [-0.39, 0.29) is 17.6 Å². The first-order chi connectivity index (χ1) is 16.1. The van der Waals surface area contributed by atoms with Crippen LogP contribution in [0.4, 0.5) is 14.9 Å². The molecule has 1 aliphatic carbocycles. The van der Waals surface area contributed by atoms with Crippen LogP contribution >= 0.6 is 11.8 Å². The molecule has 0 radical (unpaired) electrons. The molecule has 5 rings (SSSR count). The Morgan fingerprint density at radius 3 is 2.67 bits per heavy atom. The summed E-state index contributed by atoms with van der Waals surface area (Å²) in [6.45, 7) is 0.908. The molecule has 1 fully saturated rings. The van der Waals surface area contributed by atoms with Crippen LogP contribution in [0, 0.1) is 5.82 Å². The zero-order valence-electron chi connectivity index (χ0n) is 17.4. The fourth-order valence-electron chi connectivity index (χ4n) is 3.44. The van der Waals surface area contributed by atoms with Crippen LogP contribution in [0.2, 0.25) is 0 Å². The number of benzene rings is 2. The van der Waals surface area contributed by atoms with Gasteiger partial charge < -0.3 is 14.8 Å². The van der Waals surface area contributed by atoms with Crippen molar-refractivity contribution in [1.82, 2.24) is 20.1 Å². The number of halogens is 1. The molecular weight excluding hydrogens is 449 g/mol. The van der Waals surface area contributed by atoms with Gasteiger partial charge in [0.05, 0.1) is 11.3 Å². The highest BCUT2D eigenvalue weighted by Gasteiger charge is 2.31. The zero-order chi connectivity index (χ0) is 22.8. The topological polar surface area (TPSA) is 107 Å². The molecule has 2 aromatic carbocycles. The Morgan fingerprint density at radius 2 is 1.88 bits per heavy atom. The van der Waals surface area contributed by atoms with Gasteiger partial charge in [0.15, 0.2) is 22.5 Å². The van der Waals surface area contributed by atoms with E-state index in [1.165, 1.54) is 6.07 Å². The van der Waals surface area contributed by atoms with Crippen LogP contribution in [0.15, 0.2) is 47.6 Å². The third-order valence-electron chi connectivity index (χ3n) is 5.08. The van der Waals surface area contributed by atoms with Crippen molar-refractivity contribution in [2.24, 2.45) is 0 Å². The van der Waals surface area contributed by atoms with Crippen molar-refractivity contribution in [3.63, 3.8) is 0 Å². The Balaban J connectivity index is 1.20. The average Bonchev–Trinajstić information content (AvgIpc) is 3.57. The number of anilines is 1. The van der Waals surface area contributed by atoms with Gasteiger partial charge in [0, 0.05) is 17.8 Å². The lowest BCUT2D eigenvalue weighted by atomic mass is 10.2. The third kappa shape index (κ3) is 4.77. The van der Waals surface area contributed by atoms with Crippen molar-refractivity contribution in [1.29, 1.82) is 0 Å². The van der Waals surface area contributed by atoms with Crippen LogP contribution in [0.3, 0.4) is 0 Å². The number of amides is 3. The van der Waals surface area contributed by atoms with E-state index in [2.05, 4.69) is 20.8 Å². The lowest BCUT2D eigenvalue weighted by molar-refractivity contribution is -0.117. The number of imide groups is 1. The number of fused-ring (bicyclic) bond motifs is 1. The summed E-state index contributed by atoms with van der Waals surface area (Å²) in [6, 6.07) is 10.9. The van der Waals surface area contributed by atoms with Crippen LogP contribution in [0.1, 0.15) is 18.9 Å². The van der Waals surface area contributed by atoms with E-state index < -0.39 is 11.9 Å². The fourth-order valence-corrected chi connectivity index (χ4v) is 4.25. The molecule has 2 aliphatic rings. The van der Waals surface area contributed by atoms with Crippen molar-refractivity contribution in [3.05, 3.63) is 48.3 Å². The SMILES string of the molecule is O=C(CSc1nnc(-c2ccccc2F)n1C1CC1)NC(=O)Nc1ccc2c(c1)OCCO2. The van der Waals surface area contributed by atoms with Crippen LogP contribution in [-0.4, -0.2) is 45.7 Å². The molecular formula is C22H20FN5O4S. The lowest BCUT2D eigenvalue weighted by Gasteiger charge is -2.19. The molecule has 1 saturated carbocycles. The molecule has 11 heteroatoms. The number of carbonyl (C=O) groups excluding carboxylic acids is 2. The molecule has 9 nitrogen and oxygen atoms in total. The highest BCUT2D eigenvalue weighted by atomic mass is 32.2. The molecule has 1 aromatic heterocycles. The molecule has 170 valence electrons. The Hall–Kier alpha value is -3.60. The van der Waals surface area contributed by atoms with Gasteiger partial charge in [0.2, 0.25) is 5.91 Å². The third-order valence-corrected chi connectivity index (χ3v) is 6.02. The Bertz CT molecular complexity index is 1210. The molecule has 0 atom stereocenters. The number of aromatic nitrogens is 3. The number of urea groups is 1. The second-order valence-corrected chi connectivity index (χ2v) is 8.48. The molecule has 33 heavy (non-hydrogen) atoms. The summed E-state index contributed by atoms with van der Waals surface area (Å²) in [6.07, 6.45) is 1.88. The van der Waals surface area contributed by atoms with E-state index in [9.17, 15) is 14.0 Å². The monoisotopic (exact) mass is 469 g/mol. The highest BCUT2D eigenvalue weighted by molar-refractivity contribution is 7.99. The minimum atomic E-state index is -0.659. The molecule has 0 unspecified atom stereocenters. The molecule has 0 spiro atoms. The zero-order valence-corrected chi connectivity index (χ0v) is 18.2. The predicted molar refractivity (Wildman–Crippen MR) is 119 cm³/mol. The second kappa shape index (κ2) is 9.10. The Labute approximate surface area is 192 Å². The Kier molecular flexibility index (Phi) is 5.86. The van der Waals surface area contributed by atoms with Crippen LogP contribution in [0.5, 0.6) is 11.5 Å². The van der Waals surface area contributed by atoms with Crippen LogP contribution < -0.4 is 20.1 Å². The normalized spacial score (nSPS) is 14.6. The standard InChI is InChI=1S/C22H20FN5O4S/c23-16-4-2-1-3-15(16)20-26-27-22(28(20)14-6-7-14)33-12-19(29)25-21(30)24-13-5-8-17-18(11-13)32-10-9-31-17/h1-5,8,11,14H,6-7,9-10,12H2,(H2,24,25,29,30). The maximum absolute atomic E-state index is 14.3. The number of ether oxygens (including phenoxy) is 2. The number of nitrogens with zero attached hydrogens (tertiary/aromatic N) is 3. The van der Waals surface area contributed by atoms with Gasteiger partial charge in [-0.1, -0.05) is 23.9 Å². The van der Waals surface area contributed by atoms with Gasteiger partial charge in [0.1, 0.15) is 19.0 Å². The second-order valence-electron chi connectivity index (χ2n) is 7.54. The summed E-state index contributed by atoms with van der Waals surface area (Å²) in [7, 11) is 0. The van der Waals surface area contributed by atoms with E-state index in [0.717, 1.165) is 24.6 Å². The number of nitrogens with one attached hydrogen (secondary N) is 2. The first-order valence-corrected chi connectivity index (χ1v) is 11.4. The Morgan fingerprint density at radius 1 is 1.09 bits per heavy atom. The summed E-state index contributed by atoms with van der Waals surface area (Å²) >= 11 is 1.15. The summed E-state index contributed by atoms with van der Waals surface area (Å²) in [5.41, 5.74) is 0.840. The van der Waals surface area contributed by atoms with E-state index >= 15 is 0 Å². The molecule has 3 amide bonds.